The molecule has 0 aliphatic heterocycles. The first-order valence-electron chi connectivity index (χ1n) is 4.04. The van der Waals surface area contributed by atoms with Crippen molar-refractivity contribution < 1.29 is 9.50 Å². The van der Waals surface area contributed by atoms with Crippen molar-refractivity contribution in [1.29, 1.82) is 0 Å². The van der Waals surface area contributed by atoms with Gasteiger partial charge in [-0.1, -0.05) is 0 Å². The lowest BCUT2D eigenvalue weighted by atomic mass is 10.4. The second kappa shape index (κ2) is 3.14. The lowest BCUT2D eigenvalue weighted by molar-refractivity contribution is 0.296. The Hall–Kier alpha value is -1.42. The zero-order chi connectivity index (χ0) is 9.26. The fourth-order valence-electron chi connectivity index (χ4n) is 1.33. The Labute approximate surface area is 74.5 Å². The zero-order valence-electron chi connectivity index (χ0n) is 6.94. The standard InChI is InChI=1S/C9H9FN2O/c10-7-2-1-4-12-8(7)6-11-9(12)3-5-13/h1-2,4,6,13H,3,5H2. The van der Waals surface area contributed by atoms with E-state index in [2.05, 4.69) is 4.98 Å². The van der Waals surface area contributed by atoms with Gasteiger partial charge in [0.05, 0.1) is 12.8 Å². The minimum Gasteiger partial charge on any atom is -0.396 e. The average molecular weight is 180 g/mol. The van der Waals surface area contributed by atoms with Crippen LogP contribution in [0.2, 0.25) is 0 Å². The quantitative estimate of drug-likeness (QED) is 0.748. The van der Waals surface area contributed by atoms with Gasteiger partial charge in [0, 0.05) is 12.6 Å². The maximum Gasteiger partial charge on any atom is 0.148 e. The van der Waals surface area contributed by atoms with Crippen LogP contribution >= 0.6 is 0 Å². The zero-order valence-corrected chi connectivity index (χ0v) is 6.94. The van der Waals surface area contributed by atoms with Crippen LogP contribution in [-0.4, -0.2) is 21.1 Å². The number of hydrogen-bond donors (Lipinski definition) is 1. The van der Waals surface area contributed by atoms with Crippen LogP contribution in [0.4, 0.5) is 4.39 Å². The summed E-state index contributed by atoms with van der Waals surface area (Å²) in [7, 11) is 0. The summed E-state index contributed by atoms with van der Waals surface area (Å²) in [5.41, 5.74) is 0.450. The summed E-state index contributed by atoms with van der Waals surface area (Å²) in [4.78, 5) is 4.01. The van der Waals surface area contributed by atoms with E-state index in [4.69, 9.17) is 5.11 Å². The molecule has 0 spiro atoms. The van der Waals surface area contributed by atoms with Crippen molar-refractivity contribution in [1.82, 2.24) is 9.38 Å². The summed E-state index contributed by atoms with van der Waals surface area (Å²) in [5.74, 6) is 0.385. The van der Waals surface area contributed by atoms with Gasteiger partial charge in [-0.05, 0) is 12.1 Å². The Bertz CT molecular complexity index is 424. The van der Waals surface area contributed by atoms with Gasteiger partial charge in [-0.3, -0.25) is 0 Å². The van der Waals surface area contributed by atoms with Crippen molar-refractivity contribution in [3.05, 3.63) is 36.2 Å². The van der Waals surface area contributed by atoms with Crippen LogP contribution in [0.25, 0.3) is 5.52 Å². The van der Waals surface area contributed by atoms with Crippen LogP contribution in [0, 0.1) is 5.82 Å². The van der Waals surface area contributed by atoms with Gasteiger partial charge < -0.3 is 9.51 Å². The summed E-state index contributed by atoms with van der Waals surface area (Å²) in [5, 5.41) is 8.72. The number of aromatic nitrogens is 2. The molecule has 3 nitrogen and oxygen atoms in total. The molecule has 0 atom stereocenters. The first-order chi connectivity index (χ1) is 6.33. The van der Waals surface area contributed by atoms with E-state index in [0.29, 0.717) is 17.8 Å². The van der Waals surface area contributed by atoms with E-state index in [1.807, 2.05) is 0 Å². The number of fused-ring (bicyclic) bond motifs is 1. The Morgan fingerprint density at radius 2 is 2.38 bits per heavy atom. The molecule has 0 radical (unpaired) electrons. The molecule has 0 aliphatic rings. The van der Waals surface area contributed by atoms with Gasteiger partial charge in [-0.25, -0.2) is 9.37 Å². The fraction of sp³-hybridized carbons (Fsp3) is 0.222. The second-order valence-corrected chi connectivity index (χ2v) is 2.76. The molecular weight excluding hydrogens is 171 g/mol. The second-order valence-electron chi connectivity index (χ2n) is 2.76. The number of pyridine rings is 1. The SMILES string of the molecule is OCCc1ncc2c(F)cccn12. The van der Waals surface area contributed by atoms with Crippen LogP contribution in [0.3, 0.4) is 0 Å². The molecule has 68 valence electrons. The Morgan fingerprint density at radius 3 is 3.15 bits per heavy atom. The molecule has 0 saturated heterocycles. The molecule has 2 rings (SSSR count). The third-order valence-electron chi connectivity index (χ3n) is 1.93. The van der Waals surface area contributed by atoms with Crippen molar-refractivity contribution in [2.75, 3.05) is 6.61 Å². The lowest BCUT2D eigenvalue weighted by Crippen LogP contribution is -1.98. The summed E-state index contributed by atoms with van der Waals surface area (Å²) in [6.45, 7) is 0.0234. The highest BCUT2D eigenvalue weighted by Crippen LogP contribution is 2.10. The summed E-state index contributed by atoms with van der Waals surface area (Å²) in [6.07, 6.45) is 3.65. The molecule has 0 bridgehead atoms. The molecule has 2 heterocycles. The maximum atomic E-state index is 13.1. The number of halogens is 1. The third-order valence-corrected chi connectivity index (χ3v) is 1.93. The molecule has 0 unspecified atom stereocenters. The largest absolute Gasteiger partial charge is 0.396 e. The van der Waals surface area contributed by atoms with Gasteiger partial charge >= 0.3 is 0 Å². The first-order valence-corrected chi connectivity index (χ1v) is 4.04. The highest BCUT2D eigenvalue weighted by atomic mass is 19.1. The molecule has 0 saturated carbocycles. The van der Waals surface area contributed by atoms with E-state index in [1.54, 1.807) is 16.7 Å². The van der Waals surface area contributed by atoms with Crippen LogP contribution < -0.4 is 0 Å². The molecule has 2 aromatic rings. The average Bonchev–Trinajstić information content (AvgIpc) is 2.51. The normalized spacial score (nSPS) is 10.9. The fourth-order valence-corrected chi connectivity index (χ4v) is 1.33. The van der Waals surface area contributed by atoms with Crippen molar-refractivity contribution in [2.24, 2.45) is 0 Å². The predicted octanol–water partition coefficient (Wildman–Crippen LogP) is 1.01. The maximum absolute atomic E-state index is 13.1. The number of aliphatic hydroxyl groups is 1. The van der Waals surface area contributed by atoms with E-state index in [-0.39, 0.29) is 12.4 Å². The van der Waals surface area contributed by atoms with Gasteiger partial charge in [0.2, 0.25) is 0 Å². The summed E-state index contributed by atoms with van der Waals surface area (Å²) in [6, 6.07) is 3.00. The van der Waals surface area contributed by atoms with E-state index in [9.17, 15) is 4.39 Å². The van der Waals surface area contributed by atoms with Crippen LogP contribution in [0.1, 0.15) is 5.82 Å². The van der Waals surface area contributed by atoms with Gasteiger partial charge in [0.15, 0.2) is 0 Å². The topological polar surface area (TPSA) is 37.5 Å². The molecule has 0 fully saturated rings. The van der Waals surface area contributed by atoms with Crippen molar-refractivity contribution in [3.8, 4) is 0 Å². The van der Waals surface area contributed by atoms with Gasteiger partial charge in [-0.15, -0.1) is 0 Å². The molecular formula is C9H9FN2O. The molecule has 13 heavy (non-hydrogen) atoms. The summed E-state index contributed by atoms with van der Waals surface area (Å²) >= 11 is 0. The third kappa shape index (κ3) is 1.29. The van der Waals surface area contributed by atoms with E-state index in [1.165, 1.54) is 12.3 Å². The monoisotopic (exact) mass is 180 g/mol. The van der Waals surface area contributed by atoms with Gasteiger partial charge in [0.25, 0.3) is 0 Å². The minimum atomic E-state index is -0.292. The number of imidazole rings is 1. The van der Waals surface area contributed by atoms with Gasteiger partial charge in [0.1, 0.15) is 17.2 Å². The van der Waals surface area contributed by atoms with Crippen molar-refractivity contribution >= 4 is 5.52 Å². The van der Waals surface area contributed by atoms with E-state index in [0.717, 1.165) is 0 Å². The number of rotatable bonds is 2. The van der Waals surface area contributed by atoms with E-state index < -0.39 is 0 Å². The molecule has 0 aromatic carbocycles. The Morgan fingerprint density at radius 1 is 1.54 bits per heavy atom. The smallest absolute Gasteiger partial charge is 0.148 e. The minimum absolute atomic E-state index is 0.0234. The Kier molecular flexibility index (Phi) is 1.98. The van der Waals surface area contributed by atoms with Crippen molar-refractivity contribution in [3.63, 3.8) is 0 Å². The van der Waals surface area contributed by atoms with Crippen molar-refractivity contribution in [2.45, 2.75) is 6.42 Å². The number of nitrogens with zero attached hydrogens (tertiary/aromatic N) is 2. The predicted molar refractivity (Wildman–Crippen MR) is 45.9 cm³/mol. The molecule has 2 aromatic heterocycles. The Balaban J connectivity index is 2.61. The molecule has 1 N–H and O–H groups in total. The van der Waals surface area contributed by atoms with Crippen LogP contribution in [0.15, 0.2) is 24.5 Å². The highest BCUT2D eigenvalue weighted by Gasteiger charge is 2.05. The summed E-state index contributed by atoms with van der Waals surface area (Å²) < 4.78 is 14.8. The highest BCUT2D eigenvalue weighted by molar-refractivity contribution is 5.47. The van der Waals surface area contributed by atoms with E-state index >= 15 is 0 Å². The number of aliphatic hydroxyl groups excluding tert-OH is 1. The van der Waals surface area contributed by atoms with Crippen LogP contribution in [0.5, 0.6) is 0 Å². The molecule has 4 heteroatoms. The number of hydrogen-bond acceptors (Lipinski definition) is 2. The van der Waals surface area contributed by atoms with Crippen LogP contribution in [-0.2, 0) is 6.42 Å². The molecule has 0 amide bonds. The molecule has 0 aliphatic carbocycles. The van der Waals surface area contributed by atoms with Gasteiger partial charge in [-0.2, -0.15) is 0 Å². The first kappa shape index (κ1) is 8.19. The lowest BCUT2D eigenvalue weighted by Gasteiger charge is -1.98.